The molecule has 1 fully saturated rings. The number of unbranched alkanes of at least 4 members (excludes halogenated alkanes) is 5. The van der Waals surface area contributed by atoms with Gasteiger partial charge in [0.15, 0.2) is 5.79 Å². The first kappa shape index (κ1) is 19.3. The Morgan fingerprint density at radius 2 is 1.83 bits per heavy atom. The van der Waals surface area contributed by atoms with E-state index in [1.54, 1.807) is 0 Å². The predicted octanol–water partition coefficient (Wildman–Crippen LogP) is 5.32. The summed E-state index contributed by atoms with van der Waals surface area (Å²) in [6.45, 7) is 3.56. The van der Waals surface area contributed by atoms with Crippen molar-refractivity contribution in [1.29, 1.82) is 0 Å². The molecule has 0 spiro atoms. The molecule has 0 amide bonds. The molecule has 1 N–H and O–H groups in total. The van der Waals surface area contributed by atoms with Gasteiger partial charge in [-0.2, -0.15) is 0 Å². The molecule has 1 aliphatic rings. The van der Waals surface area contributed by atoms with Crippen LogP contribution in [-0.4, -0.2) is 24.1 Å². The summed E-state index contributed by atoms with van der Waals surface area (Å²) in [6.07, 6.45) is 11.4. The van der Waals surface area contributed by atoms with E-state index in [1.165, 1.54) is 38.5 Å². The second-order valence-electron chi connectivity index (χ2n) is 7.00. The van der Waals surface area contributed by atoms with Gasteiger partial charge in [0.25, 0.3) is 0 Å². The average Bonchev–Trinajstić information content (AvgIpc) is 2.97. The van der Waals surface area contributed by atoms with E-state index in [4.69, 9.17) is 9.47 Å². The fourth-order valence-corrected chi connectivity index (χ4v) is 3.57. The van der Waals surface area contributed by atoms with E-state index in [9.17, 15) is 5.11 Å². The first-order valence-corrected chi connectivity index (χ1v) is 9.79. The highest BCUT2D eigenvalue weighted by Gasteiger charge is 2.41. The molecule has 24 heavy (non-hydrogen) atoms. The van der Waals surface area contributed by atoms with Crippen LogP contribution in [0.4, 0.5) is 0 Å². The minimum atomic E-state index is -0.927. The molecule has 2 atom stereocenters. The lowest BCUT2D eigenvalue weighted by Crippen LogP contribution is -2.35. The van der Waals surface area contributed by atoms with Crippen molar-refractivity contribution >= 4 is 0 Å². The van der Waals surface area contributed by atoms with Crippen LogP contribution in [0.15, 0.2) is 30.3 Å². The molecule has 3 heteroatoms. The summed E-state index contributed by atoms with van der Waals surface area (Å²) in [5, 5.41) is 10.8. The van der Waals surface area contributed by atoms with E-state index in [2.05, 4.69) is 6.92 Å². The number of hydrogen-bond acceptors (Lipinski definition) is 3. The Bertz CT molecular complexity index is 434. The minimum Gasteiger partial charge on any atom is -0.494 e. The molecule has 136 valence electrons. The van der Waals surface area contributed by atoms with Crippen LogP contribution in [-0.2, 0) is 4.74 Å². The molecular formula is C21H34O3. The van der Waals surface area contributed by atoms with Crippen molar-refractivity contribution in [1.82, 2.24) is 0 Å². The van der Waals surface area contributed by atoms with Crippen LogP contribution in [0, 0.1) is 5.92 Å². The molecule has 3 nitrogen and oxygen atoms in total. The van der Waals surface area contributed by atoms with Crippen molar-refractivity contribution in [3.63, 3.8) is 0 Å². The highest BCUT2D eigenvalue weighted by Crippen LogP contribution is 2.37. The lowest BCUT2D eigenvalue weighted by molar-refractivity contribution is -0.201. The van der Waals surface area contributed by atoms with Gasteiger partial charge in [0.2, 0.25) is 0 Å². The first-order chi connectivity index (χ1) is 11.7. The molecule has 0 aliphatic carbocycles. The van der Waals surface area contributed by atoms with Gasteiger partial charge in [-0.1, -0.05) is 63.6 Å². The second kappa shape index (κ2) is 10.7. The van der Waals surface area contributed by atoms with E-state index >= 15 is 0 Å². The molecule has 0 aromatic heterocycles. The number of aliphatic hydroxyl groups is 1. The number of ether oxygens (including phenoxy) is 2. The van der Waals surface area contributed by atoms with E-state index in [-0.39, 0.29) is 0 Å². The summed E-state index contributed by atoms with van der Waals surface area (Å²) >= 11 is 0. The standard InChI is InChI=1S/C21H34O3/c1-2-3-4-5-6-8-12-19-15-18-24-21(19,22)16-11-17-23-20-13-9-7-10-14-20/h7,9-10,13-14,19,22H,2-6,8,11-12,15-18H2,1H3. The monoisotopic (exact) mass is 334 g/mol. The van der Waals surface area contributed by atoms with Gasteiger partial charge in [-0.15, -0.1) is 0 Å². The molecular weight excluding hydrogens is 300 g/mol. The molecule has 2 unspecified atom stereocenters. The maximum Gasteiger partial charge on any atom is 0.168 e. The van der Waals surface area contributed by atoms with Gasteiger partial charge in [0.05, 0.1) is 13.2 Å². The van der Waals surface area contributed by atoms with Crippen molar-refractivity contribution in [2.24, 2.45) is 5.92 Å². The van der Waals surface area contributed by atoms with Crippen LogP contribution in [0.1, 0.15) is 71.1 Å². The molecule has 1 heterocycles. The Morgan fingerprint density at radius 1 is 1.08 bits per heavy atom. The van der Waals surface area contributed by atoms with Gasteiger partial charge in [0, 0.05) is 12.3 Å². The zero-order valence-electron chi connectivity index (χ0n) is 15.2. The highest BCUT2D eigenvalue weighted by atomic mass is 16.6. The topological polar surface area (TPSA) is 38.7 Å². The lowest BCUT2D eigenvalue weighted by Gasteiger charge is -2.29. The molecule has 0 saturated carbocycles. The fourth-order valence-electron chi connectivity index (χ4n) is 3.57. The third-order valence-electron chi connectivity index (χ3n) is 5.05. The Balaban J connectivity index is 1.62. The van der Waals surface area contributed by atoms with E-state index in [0.717, 1.165) is 25.0 Å². The molecule has 2 rings (SSSR count). The summed E-state index contributed by atoms with van der Waals surface area (Å²) in [5.74, 6) is 0.254. The number of benzene rings is 1. The zero-order chi connectivity index (χ0) is 17.1. The van der Waals surface area contributed by atoms with E-state index < -0.39 is 5.79 Å². The molecule has 1 aliphatic heterocycles. The smallest absolute Gasteiger partial charge is 0.168 e. The third kappa shape index (κ3) is 6.45. The van der Waals surface area contributed by atoms with Crippen molar-refractivity contribution in [3.8, 4) is 5.75 Å². The van der Waals surface area contributed by atoms with Gasteiger partial charge in [-0.05, 0) is 31.4 Å². The maximum absolute atomic E-state index is 10.8. The predicted molar refractivity (Wildman–Crippen MR) is 98.2 cm³/mol. The summed E-state index contributed by atoms with van der Waals surface area (Å²) in [7, 11) is 0. The summed E-state index contributed by atoms with van der Waals surface area (Å²) in [5.41, 5.74) is 0. The Labute approximate surface area is 147 Å². The van der Waals surface area contributed by atoms with Crippen molar-refractivity contribution in [2.75, 3.05) is 13.2 Å². The minimum absolute atomic E-state index is 0.292. The molecule has 0 bridgehead atoms. The van der Waals surface area contributed by atoms with Crippen LogP contribution >= 0.6 is 0 Å². The van der Waals surface area contributed by atoms with Gasteiger partial charge >= 0.3 is 0 Å². The van der Waals surface area contributed by atoms with Crippen molar-refractivity contribution in [3.05, 3.63) is 30.3 Å². The van der Waals surface area contributed by atoms with Gasteiger partial charge < -0.3 is 14.6 Å². The largest absolute Gasteiger partial charge is 0.494 e. The fraction of sp³-hybridized carbons (Fsp3) is 0.714. The van der Waals surface area contributed by atoms with Crippen LogP contribution in [0.3, 0.4) is 0 Å². The Hall–Kier alpha value is -1.06. The number of hydrogen-bond donors (Lipinski definition) is 1. The van der Waals surface area contributed by atoms with Crippen LogP contribution in [0.2, 0.25) is 0 Å². The van der Waals surface area contributed by atoms with Gasteiger partial charge in [-0.25, -0.2) is 0 Å². The Kier molecular flexibility index (Phi) is 8.62. The number of para-hydroxylation sites is 1. The molecule has 0 radical (unpaired) electrons. The summed E-state index contributed by atoms with van der Waals surface area (Å²) < 4.78 is 11.4. The SMILES string of the molecule is CCCCCCCCC1CCOC1(O)CCCOc1ccccc1. The van der Waals surface area contributed by atoms with Gasteiger partial charge in [0.1, 0.15) is 5.75 Å². The molecule has 1 aromatic rings. The van der Waals surface area contributed by atoms with Crippen molar-refractivity contribution < 1.29 is 14.6 Å². The highest BCUT2D eigenvalue weighted by molar-refractivity contribution is 5.20. The van der Waals surface area contributed by atoms with Crippen molar-refractivity contribution in [2.45, 2.75) is 76.9 Å². The first-order valence-electron chi connectivity index (χ1n) is 9.79. The zero-order valence-corrected chi connectivity index (χ0v) is 15.2. The van der Waals surface area contributed by atoms with E-state index in [1.807, 2.05) is 30.3 Å². The quantitative estimate of drug-likeness (QED) is 0.526. The van der Waals surface area contributed by atoms with Crippen LogP contribution < -0.4 is 4.74 Å². The van der Waals surface area contributed by atoms with Crippen LogP contribution in [0.25, 0.3) is 0 Å². The molecule has 1 aromatic carbocycles. The van der Waals surface area contributed by atoms with Crippen LogP contribution in [0.5, 0.6) is 5.75 Å². The number of rotatable bonds is 12. The normalized spacial score (nSPS) is 23.5. The summed E-state index contributed by atoms with van der Waals surface area (Å²) in [4.78, 5) is 0. The lowest BCUT2D eigenvalue weighted by atomic mass is 9.89. The molecule has 1 saturated heterocycles. The third-order valence-corrected chi connectivity index (χ3v) is 5.05. The maximum atomic E-state index is 10.8. The average molecular weight is 334 g/mol. The van der Waals surface area contributed by atoms with E-state index in [0.29, 0.717) is 25.6 Å². The van der Waals surface area contributed by atoms with Gasteiger partial charge in [-0.3, -0.25) is 0 Å². The summed E-state index contributed by atoms with van der Waals surface area (Å²) in [6, 6.07) is 9.85. The Morgan fingerprint density at radius 3 is 2.62 bits per heavy atom. The second-order valence-corrected chi connectivity index (χ2v) is 7.00.